The van der Waals surface area contributed by atoms with E-state index in [-0.39, 0.29) is 0 Å². The molecule has 0 aromatic rings. The second-order valence-corrected chi connectivity index (χ2v) is 4.25. The molecule has 0 spiro atoms. The van der Waals surface area contributed by atoms with Gasteiger partial charge in [-0.25, -0.2) is 8.78 Å². The van der Waals surface area contributed by atoms with Gasteiger partial charge >= 0.3 is 41.7 Å². The first-order valence-corrected chi connectivity index (χ1v) is 4.99. The second kappa shape index (κ2) is 5.46. The summed E-state index contributed by atoms with van der Waals surface area (Å²) in [6, 6.07) is 0. The monoisotopic (exact) mass is 413 g/mol. The summed E-state index contributed by atoms with van der Waals surface area (Å²) in [5.74, 6) is -21.3. The van der Waals surface area contributed by atoms with E-state index in [9.17, 15) is 75.8 Å². The van der Waals surface area contributed by atoms with E-state index in [1.165, 1.54) is 0 Å². The average molecular weight is 413 g/mol. The van der Waals surface area contributed by atoms with Crippen LogP contribution in [0.25, 0.3) is 0 Å². The maximum Gasteiger partial charge on any atom is 0.457 e. The van der Waals surface area contributed by atoms with Crippen LogP contribution in [-0.4, -0.2) is 47.7 Å². The van der Waals surface area contributed by atoms with Crippen molar-refractivity contribution in [2.24, 2.45) is 0 Å². The van der Waals surface area contributed by atoms with Crippen LogP contribution in [0.2, 0.25) is 0 Å². The highest BCUT2D eigenvalue weighted by molar-refractivity contribution is 5.76. The average Bonchev–Trinajstić information content (AvgIpc) is 2.31. The van der Waals surface area contributed by atoms with Gasteiger partial charge in [0.1, 0.15) is 5.97 Å². The van der Waals surface area contributed by atoms with Gasteiger partial charge in [-0.3, -0.25) is 0 Å². The zero-order chi connectivity index (χ0) is 21.1. The highest BCUT2D eigenvalue weighted by atomic mass is 19.4. The van der Waals surface area contributed by atoms with Crippen molar-refractivity contribution >= 4 is 5.97 Å². The van der Waals surface area contributed by atoms with E-state index in [1.54, 1.807) is 0 Å². The Labute approximate surface area is 125 Å². The number of alkyl halides is 15. The van der Waals surface area contributed by atoms with Crippen LogP contribution in [0.5, 0.6) is 0 Å². The van der Waals surface area contributed by atoms with Gasteiger partial charge in [0.25, 0.3) is 0 Å². The topological polar surface area (TPSA) is 40.1 Å². The Kier molecular flexibility index (Phi) is 5.11. The van der Waals surface area contributed by atoms with Crippen LogP contribution in [0.15, 0.2) is 0 Å². The summed E-state index contributed by atoms with van der Waals surface area (Å²) in [6.45, 7) is 0. The lowest BCUT2D eigenvalue weighted by Gasteiger charge is -2.47. The minimum atomic E-state index is -8.75. The zero-order valence-electron chi connectivity index (χ0n) is 10.5. The Morgan fingerprint density at radius 3 is 0.960 bits per heavy atom. The Morgan fingerprint density at radius 2 is 0.800 bits per heavy atom. The van der Waals surface area contributed by atoms with E-state index >= 15 is 0 Å². The normalized spacial score (nSPS) is 18.0. The fourth-order valence-corrected chi connectivity index (χ4v) is 1.52. The van der Waals surface area contributed by atoms with Gasteiger partial charge in [0.2, 0.25) is 0 Å². The molecule has 25 heavy (non-hydrogen) atoms. The van der Waals surface area contributed by atoms with E-state index in [0.29, 0.717) is 0 Å². The van der Waals surface area contributed by atoms with Crippen molar-refractivity contribution in [2.45, 2.75) is 41.7 Å². The third kappa shape index (κ3) is 2.74. The number of rotatable bonds is 4. The summed E-state index contributed by atoms with van der Waals surface area (Å²) in [6.07, 6.45) is -24.5. The van der Waals surface area contributed by atoms with Crippen LogP contribution in [0.3, 0.4) is 0 Å². The molecule has 0 rings (SSSR count). The fraction of sp³-hybridized carbons (Fsp3) is 0.875. The minimum Gasteiger partial charge on any atom is -0.544 e. The summed E-state index contributed by atoms with van der Waals surface area (Å²) in [5.41, 5.74) is -17.4. The van der Waals surface area contributed by atoms with Gasteiger partial charge in [-0.05, 0) is 0 Å². The molecule has 0 aromatic carbocycles. The first kappa shape index (κ1) is 23.4. The standard InChI is InChI=1S/C8HF15O2/c9-2(10,1(24)25)3(11,5(13,14)8(21,22)23)4(12,6(15,16)17)7(18,19)20/h(H,24,25)/p-1. The van der Waals surface area contributed by atoms with Crippen LogP contribution in [0.1, 0.15) is 0 Å². The van der Waals surface area contributed by atoms with Crippen molar-refractivity contribution in [3.63, 3.8) is 0 Å². The molecular weight excluding hydrogens is 413 g/mol. The predicted octanol–water partition coefficient (Wildman–Crippen LogP) is 3.11. The molecule has 0 saturated carbocycles. The lowest BCUT2D eigenvalue weighted by Crippen LogP contribution is -2.82. The molecule has 0 fully saturated rings. The Hall–Kier alpha value is -1.58. The van der Waals surface area contributed by atoms with Gasteiger partial charge < -0.3 is 9.90 Å². The van der Waals surface area contributed by atoms with Crippen molar-refractivity contribution < 1.29 is 75.8 Å². The van der Waals surface area contributed by atoms with Gasteiger partial charge in [-0.2, -0.15) is 57.1 Å². The zero-order valence-corrected chi connectivity index (χ0v) is 10.5. The molecular formula is C8F15O2-. The molecule has 17 heteroatoms. The van der Waals surface area contributed by atoms with E-state index in [0.717, 1.165) is 0 Å². The van der Waals surface area contributed by atoms with Crippen LogP contribution < -0.4 is 5.11 Å². The molecule has 0 saturated heterocycles. The number of hydrogen-bond acceptors (Lipinski definition) is 2. The highest BCUT2D eigenvalue weighted by Crippen LogP contribution is 2.65. The van der Waals surface area contributed by atoms with Gasteiger partial charge in [-0.15, -0.1) is 0 Å². The molecule has 0 aromatic heterocycles. The molecule has 0 aliphatic heterocycles. The molecule has 0 bridgehead atoms. The molecule has 150 valence electrons. The number of aliphatic carboxylic acids is 1. The maximum atomic E-state index is 13.7. The van der Waals surface area contributed by atoms with Crippen LogP contribution in [0.4, 0.5) is 65.9 Å². The van der Waals surface area contributed by atoms with Crippen molar-refractivity contribution in [3.05, 3.63) is 0 Å². The first-order chi connectivity index (χ1) is 10.4. The molecule has 0 aliphatic carbocycles. The minimum absolute atomic E-state index is 4.89. The first-order valence-electron chi connectivity index (χ1n) is 4.99. The van der Waals surface area contributed by atoms with Crippen molar-refractivity contribution in [2.75, 3.05) is 0 Å². The van der Waals surface area contributed by atoms with Crippen LogP contribution in [0, 0.1) is 0 Å². The van der Waals surface area contributed by atoms with Gasteiger partial charge in [0.15, 0.2) is 0 Å². The smallest absolute Gasteiger partial charge is 0.457 e. The molecule has 0 aliphatic rings. The Morgan fingerprint density at radius 1 is 0.520 bits per heavy atom. The maximum absolute atomic E-state index is 13.7. The summed E-state index contributed by atoms with van der Waals surface area (Å²) in [4.78, 5) is 9.84. The molecule has 1 atom stereocenters. The molecule has 1 unspecified atom stereocenters. The number of carboxylic acid groups (broad SMARTS) is 1. The van der Waals surface area contributed by atoms with Gasteiger partial charge in [-0.1, -0.05) is 0 Å². The largest absolute Gasteiger partial charge is 0.544 e. The summed E-state index contributed by atoms with van der Waals surface area (Å²) in [7, 11) is 0. The molecule has 0 heterocycles. The van der Waals surface area contributed by atoms with Crippen molar-refractivity contribution in [1.29, 1.82) is 0 Å². The number of carbonyl (C=O) groups excluding carboxylic acids is 1. The number of hydrogen-bond donors (Lipinski definition) is 0. The highest BCUT2D eigenvalue weighted by Gasteiger charge is 2.98. The van der Waals surface area contributed by atoms with Gasteiger partial charge in [0.05, 0.1) is 0 Å². The molecule has 0 N–H and O–H groups in total. The predicted molar refractivity (Wildman–Crippen MR) is 40.7 cm³/mol. The molecule has 0 amide bonds. The quantitative estimate of drug-likeness (QED) is 0.665. The lowest BCUT2D eigenvalue weighted by molar-refractivity contribution is -0.461. The Bertz CT molecular complexity index is 511. The van der Waals surface area contributed by atoms with Crippen LogP contribution >= 0.6 is 0 Å². The third-order valence-corrected chi connectivity index (χ3v) is 2.73. The SMILES string of the molecule is O=C([O-])C(F)(F)C(F)(C(F)(F)C(F)(F)F)C(F)(C(F)(F)F)C(F)(F)F. The van der Waals surface area contributed by atoms with E-state index in [2.05, 4.69) is 0 Å². The number of carboxylic acids is 1. The number of halogens is 15. The lowest BCUT2D eigenvalue weighted by atomic mass is 9.74. The fourth-order valence-electron chi connectivity index (χ4n) is 1.52. The van der Waals surface area contributed by atoms with Crippen molar-refractivity contribution in [3.8, 4) is 0 Å². The molecule has 0 radical (unpaired) electrons. The number of carbonyl (C=O) groups is 1. The summed E-state index contributed by atoms with van der Waals surface area (Å²) in [5, 5.41) is 9.84. The van der Waals surface area contributed by atoms with Crippen molar-refractivity contribution in [1.82, 2.24) is 0 Å². The van der Waals surface area contributed by atoms with Crippen LogP contribution in [-0.2, 0) is 4.79 Å². The second-order valence-electron chi connectivity index (χ2n) is 4.25. The van der Waals surface area contributed by atoms with Gasteiger partial charge in [0, 0.05) is 0 Å². The van der Waals surface area contributed by atoms with E-state index in [1.807, 2.05) is 0 Å². The summed E-state index contributed by atoms with van der Waals surface area (Å²) >= 11 is 0. The van der Waals surface area contributed by atoms with E-state index < -0.39 is 47.7 Å². The summed E-state index contributed by atoms with van der Waals surface area (Å²) < 4.78 is 188. The Balaban J connectivity index is 7.46. The third-order valence-electron chi connectivity index (χ3n) is 2.73. The van der Waals surface area contributed by atoms with E-state index in [4.69, 9.17) is 0 Å². The molecule has 2 nitrogen and oxygen atoms in total.